The van der Waals surface area contributed by atoms with Crippen molar-refractivity contribution in [2.45, 2.75) is 45.3 Å². The lowest BCUT2D eigenvalue weighted by molar-refractivity contribution is -0.137. The van der Waals surface area contributed by atoms with E-state index in [2.05, 4.69) is 14.9 Å². The monoisotopic (exact) mass is 380 g/mol. The van der Waals surface area contributed by atoms with Crippen LogP contribution in [0.5, 0.6) is 0 Å². The largest absolute Gasteiger partial charge is 0.332 e. The maximum Gasteiger partial charge on any atom is 0.256 e. The first-order valence-electron chi connectivity index (χ1n) is 9.14. The second kappa shape index (κ2) is 6.45. The average Bonchev–Trinajstić information content (AvgIpc) is 3.17. The highest BCUT2D eigenvalue weighted by Gasteiger charge is 2.37. The summed E-state index contributed by atoms with van der Waals surface area (Å²) >= 11 is 0. The molecule has 8 nitrogen and oxygen atoms in total. The Hall–Kier alpha value is -1.74. The van der Waals surface area contributed by atoms with Crippen LogP contribution >= 0.6 is 0 Å². The van der Waals surface area contributed by atoms with Gasteiger partial charge in [-0.05, 0) is 39.3 Å². The van der Waals surface area contributed by atoms with E-state index in [1.165, 1.54) is 0 Å². The number of aromatic nitrogens is 2. The van der Waals surface area contributed by atoms with Crippen LogP contribution in [0.3, 0.4) is 0 Å². The lowest BCUT2D eigenvalue weighted by atomic mass is 9.94. The molecule has 142 valence electrons. The third-order valence-electron chi connectivity index (χ3n) is 5.82. The maximum atomic E-state index is 12.9. The molecular formula is C17H24N4O4S. The Balaban J connectivity index is 1.36. The standard InChI is InChI=1S/C17H24N4O4S/c1-11-18-15-9-21(8-14(15)16(22)19-11)17(23)12-2-5-20(6-3-12)13-4-7-26(24,25)10-13/h12-13H,2-10H2,1H3,(H,18,19,22)/t13-/m0/s1. The number of H-pyrrole nitrogens is 1. The maximum absolute atomic E-state index is 12.9. The summed E-state index contributed by atoms with van der Waals surface area (Å²) < 4.78 is 23.3. The molecule has 0 bridgehead atoms. The number of sulfone groups is 1. The Morgan fingerprint density at radius 1 is 1.19 bits per heavy atom. The van der Waals surface area contributed by atoms with E-state index >= 15 is 0 Å². The molecule has 4 rings (SSSR count). The fourth-order valence-electron chi connectivity index (χ4n) is 4.38. The van der Waals surface area contributed by atoms with Crippen molar-refractivity contribution in [1.29, 1.82) is 0 Å². The van der Waals surface area contributed by atoms with Gasteiger partial charge >= 0.3 is 0 Å². The number of carbonyl (C=O) groups is 1. The Kier molecular flexibility index (Phi) is 4.38. The van der Waals surface area contributed by atoms with Gasteiger partial charge in [-0.1, -0.05) is 0 Å². The predicted molar refractivity (Wildman–Crippen MR) is 95.2 cm³/mol. The molecule has 1 atom stereocenters. The minimum atomic E-state index is -2.88. The number of piperidine rings is 1. The molecule has 3 aliphatic rings. The summed E-state index contributed by atoms with van der Waals surface area (Å²) in [5.41, 5.74) is 1.14. The van der Waals surface area contributed by atoms with Crippen molar-refractivity contribution in [3.8, 4) is 0 Å². The van der Waals surface area contributed by atoms with E-state index in [-0.39, 0.29) is 34.9 Å². The third kappa shape index (κ3) is 3.29. The van der Waals surface area contributed by atoms with Crippen LogP contribution < -0.4 is 5.56 Å². The molecule has 2 fully saturated rings. The van der Waals surface area contributed by atoms with Gasteiger partial charge in [0, 0.05) is 12.0 Å². The minimum absolute atomic E-state index is 0.0567. The lowest BCUT2D eigenvalue weighted by Crippen LogP contribution is -2.45. The van der Waals surface area contributed by atoms with Crippen molar-refractivity contribution in [2.24, 2.45) is 5.92 Å². The zero-order valence-electron chi connectivity index (χ0n) is 14.9. The third-order valence-corrected chi connectivity index (χ3v) is 7.57. The zero-order chi connectivity index (χ0) is 18.5. The zero-order valence-corrected chi connectivity index (χ0v) is 15.7. The molecule has 0 saturated carbocycles. The highest BCUT2D eigenvalue weighted by Crippen LogP contribution is 2.28. The highest BCUT2D eigenvalue weighted by molar-refractivity contribution is 7.91. The molecule has 1 aromatic heterocycles. The van der Waals surface area contributed by atoms with Crippen LogP contribution in [0.1, 0.15) is 36.3 Å². The number of likely N-dealkylation sites (tertiary alicyclic amines) is 1. The summed E-state index contributed by atoms with van der Waals surface area (Å²) in [6.45, 7) is 3.99. The topological polar surface area (TPSA) is 103 Å². The van der Waals surface area contributed by atoms with Gasteiger partial charge in [-0.25, -0.2) is 13.4 Å². The number of aryl methyl sites for hydroxylation is 1. The summed E-state index contributed by atoms with van der Waals surface area (Å²) in [6, 6.07) is 0.109. The molecule has 4 heterocycles. The van der Waals surface area contributed by atoms with Gasteiger partial charge in [0.1, 0.15) is 5.82 Å². The quantitative estimate of drug-likeness (QED) is 0.763. The van der Waals surface area contributed by atoms with Gasteiger partial charge in [-0.15, -0.1) is 0 Å². The Morgan fingerprint density at radius 2 is 1.92 bits per heavy atom. The molecule has 1 N–H and O–H groups in total. The summed E-state index contributed by atoms with van der Waals surface area (Å²) in [5, 5.41) is 0. The van der Waals surface area contributed by atoms with Crippen LogP contribution in [-0.2, 0) is 27.7 Å². The lowest BCUT2D eigenvalue weighted by Gasteiger charge is -2.36. The first-order chi connectivity index (χ1) is 12.3. The van der Waals surface area contributed by atoms with Gasteiger partial charge < -0.3 is 9.88 Å². The average molecular weight is 380 g/mol. The summed E-state index contributed by atoms with van der Waals surface area (Å²) in [6.07, 6.45) is 2.19. The van der Waals surface area contributed by atoms with Gasteiger partial charge in [0.05, 0.1) is 35.9 Å². The van der Waals surface area contributed by atoms with E-state index < -0.39 is 9.84 Å². The highest BCUT2D eigenvalue weighted by atomic mass is 32.2. The fraction of sp³-hybridized carbons (Fsp3) is 0.706. The van der Waals surface area contributed by atoms with Crippen molar-refractivity contribution < 1.29 is 13.2 Å². The van der Waals surface area contributed by atoms with E-state index in [4.69, 9.17) is 0 Å². The SMILES string of the molecule is Cc1nc2c(c(=O)[nH]1)CN(C(=O)C1CCN([C@H]3CCS(=O)(=O)C3)CC1)C2. The van der Waals surface area contributed by atoms with Crippen LogP contribution in [0.25, 0.3) is 0 Å². The molecule has 0 aromatic carbocycles. The fourth-order valence-corrected chi connectivity index (χ4v) is 6.14. The molecular weight excluding hydrogens is 356 g/mol. The Labute approximate surface area is 152 Å². The van der Waals surface area contributed by atoms with Gasteiger partial charge in [0.2, 0.25) is 5.91 Å². The smallest absolute Gasteiger partial charge is 0.256 e. The van der Waals surface area contributed by atoms with Gasteiger partial charge in [-0.2, -0.15) is 0 Å². The summed E-state index contributed by atoms with van der Waals surface area (Å²) in [7, 11) is -2.88. The normalized spacial score (nSPS) is 26.2. The molecule has 1 aromatic rings. The molecule has 0 unspecified atom stereocenters. The van der Waals surface area contributed by atoms with Crippen molar-refractivity contribution in [3.05, 3.63) is 27.4 Å². The number of nitrogens with one attached hydrogen (secondary N) is 1. The number of hydrogen-bond acceptors (Lipinski definition) is 6. The number of nitrogens with zero attached hydrogens (tertiary/aromatic N) is 3. The van der Waals surface area contributed by atoms with Crippen LogP contribution in [0.15, 0.2) is 4.79 Å². The first-order valence-corrected chi connectivity index (χ1v) is 11.0. The van der Waals surface area contributed by atoms with Gasteiger partial charge in [-0.3, -0.25) is 14.5 Å². The summed E-state index contributed by atoms with van der Waals surface area (Å²) in [5.74, 6) is 1.13. The molecule has 0 radical (unpaired) electrons. The predicted octanol–water partition coefficient (Wildman–Crippen LogP) is -0.180. The molecule has 26 heavy (non-hydrogen) atoms. The van der Waals surface area contributed by atoms with Gasteiger partial charge in [0.15, 0.2) is 9.84 Å². The van der Waals surface area contributed by atoms with Crippen LogP contribution in [0, 0.1) is 12.8 Å². The number of fused-ring (bicyclic) bond motifs is 1. The van der Waals surface area contributed by atoms with E-state index in [1.807, 2.05) is 0 Å². The van der Waals surface area contributed by atoms with E-state index in [1.54, 1.807) is 11.8 Å². The second-order valence-electron chi connectivity index (χ2n) is 7.64. The van der Waals surface area contributed by atoms with Gasteiger partial charge in [0.25, 0.3) is 5.56 Å². The molecule has 0 spiro atoms. The van der Waals surface area contributed by atoms with E-state index in [0.29, 0.717) is 36.6 Å². The second-order valence-corrected chi connectivity index (χ2v) is 9.87. The number of carbonyl (C=O) groups excluding carboxylic acids is 1. The Bertz CT molecular complexity index is 887. The number of amides is 1. The van der Waals surface area contributed by atoms with Crippen molar-refractivity contribution in [1.82, 2.24) is 19.8 Å². The minimum Gasteiger partial charge on any atom is -0.332 e. The van der Waals surface area contributed by atoms with Crippen molar-refractivity contribution in [3.63, 3.8) is 0 Å². The van der Waals surface area contributed by atoms with Crippen LogP contribution in [0.2, 0.25) is 0 Å². The number of aromatic amines is 1. The number of rotatable bonds is 2. The molecule has 2 saturated heterocycles. The summed E-state index contributed by atoms with van der Waals surface area (Å²) in [4.78, 5) is 35.9. The molecule has 3 aliphatic heterocycles. The van der Waals surface area contributed by atoms with Crippen molar-refractivity contribution in [2.75, 3.05) is 24.6 Å². The Morgan fingerprint density at radius 3 is 2.58 bits per heavy atom. The van der Waals surface area contributed by atoms with Crippen LogP contribution in [0.4, 0.5) is 0 Å². The van der Waals surface area contributed by atoms with E-state index in [0.717, 1.165) is 25.9 Å². The first kappa shape index (κ1) is 17.7. The van der Waals surface area contributed by atoms with E-state index in [9.17, 15) is 18.0 Å². The molecule has 0 aliphatic carbocycles. The van der Waals surface area contributed by atoms with Crippen LogP contribution in [-0.4, -0.2) is 64.7 Å². The molecule has 9 heteroatoms. The van der Waals surface area contributed by atoms with Crippen molar-refractivity contribution >= 4 is 15.7 Å². The molecule has 1 amide bonds. The number of hydrogen-bond donors (Lipinski definition) is 1.